The third-order valence-corrected chi connectivity index (χ3v) is 2.26. The number of rotatable bonds is 6. The first-order chi connectivity index (χ1) is 5.20. The minimum Gasteiger partial charge on any atom is -0.317 e. The van der Waals surface area contributed by atoms with Gasteiger partial charge < -0.3 is 10.6 Å². The molecule has 0 aliphatic rings. The molecule has 0 spiro atoms. The fourth-order valence-electron chi connectivity index (χ4n) is 1.02. The van der Waals surface area contributed by atoms with Gasteiger partial charge >= 0.3 is 0 Å². The predicted molar refractivity (Wildman–Crippen MR) is 50.9 cm³/mol. The highest BCUT2D eigenvalue weighted by Gasteiger charge is 2.00. The van der Waals surface area contributed by atoms with Gasteiger partial charge in [-0.05, 0) is 40.8 Å². The maximum atomic E-state index is 3.24. The van der Waals surface area contributed by atoms with E-state index in [1.54, 1.807) is 0 Å². The molecule has 0 aliphatic carbocycles. The zero-order valence-corrected chi connectivity index (χ0v) is 8.28. The van der Waals surface area contributed by atoms with Crippen molar-refractivity contribution >= 4 is 0 Å². The molecule has 0 aromatic rings. The summed E-state index contributed by atoms with van der Waals surface area (Å²) >= 11 is 0. The Labute approximate surface area is 70.8 Å². The van der Waals surface area contributed by atoms with E-state index in [-0.39, 0.29) is 0 Å². The van der Waals surface area contributed by atoms with Gasteiger partial charge in [0.2, 0.25) is 0 Å². The highest BCUT2D eigenvalue weighted by atomic mass is 14.9. The molecule has 2 unspecified atom stereocenters. The Morgan fingerprint density at radius 1 is 0.909 bits per heavy atom. The molecule has 2 N–H and O–H groups in total. The third kappa shape index (κ3) is 6.32. The van der Waals surface area contributed by atoms with E-state index in [0.29, 0.717) is 12.1 Å². The van der Waals surface area contributed by atoms with Gasteiger partial charge in [0.1, 0.15) is 0 Å². The van der Waals surface area contributed by atoms with Crippen LogP contribution in [0.3, 0.4) is 0 Å². The molecule has 0 radical (unpaired) electrons. The number of nitrogens with one attached hydrogen (secondary N) is 2. The second-order valence-electron chi connectivity index (χ2n) is 3.31. The molecular formula is C9H22N2. The van der Waals surface area contributed by atoms with Crippen LogP contribution >= 0.6 is 0 Å². The molecule has 0 aromatic heterocycles. The van der Waals surface area contributed by atoms with Crippen LogP contribution in [0.2, 0.25) is 0 Å². The molecule has 0 aromatic carbocycles. The van der Waals surface area contributed by atoms with Crippen LogP contribution in [0.5, 0.6) is 0 Å². The number of hydrogen-bond donors (Lipinski definition) is 2. The first-order valence-corrected chi connectivity index (χ1v) is 4.55. The highest BCUT2D eigenvalue weighted by molar-refractivity contribution is 4.61. The number of hydrogen-bond acceptors (Lipinski definition) is 2. The summed E-state index contributed by atoms with van der Waals surface area (Å²) in [5, 5.41) is 6.47. The fraction of sp³-hybridized carbons (Fsp3) is 1.00. The molecule has 2 nitrogen and oxygen atoms in total. The lowest BCUT2D eigenvalue weighted by Gasteiger charge is -2.12. The lowest BCUT2D eigenvalue weighted by Crippen LogP contribution is -2.24. The Bertz CT molecular complexity index is 73.6. The van der Waals surface area contributed by atoms with Crippen molar-refractivity contribution in [3.8, 4) is 0 Å². The second kappa shape index (κ2) is 6.62. The topological polar surface area (TPSA) is 24.1 Å². The van der Waals surface area contributed by atoms with Gasteiger partial charge in [0.15, 0.2) is 0 Å². The van der Waals surface area contributed by atoms with Gasteiger partial charge in [-0.2, -0.15) is 0 Å². The van der Waals surface area contributed by atoms with Crippen LogP contribution in [0.1, 0.15) is 33.1 Å². The zero-order chi connectivity index (χ0) is 8.69. The van der Waals surface area contributed by atoms with Gasteiger partial charge in [-0.25, -0.2) is 0 Å². The molecule has 0 saturated carbocycles. The quantitative estimate of drug-likeness (QED) is 0.610. The molecule has 0 saturated heterocycles. The Kier molecular flexibility index (Phi) is 6.57. The van der Waals surface area contributed by atoms with Gasteiger partial charge in [-0.1, -0.05) is 6.42 Å². The molecule has 68 valence electrons. The van der Waals surface area contributed by atoms with Crippen LogP contribution in [-0.4, -0.2) is 26.2 Å². The lowest BCUT2D eigenvalue weighted by atomic mass is 10.1. The molecular weight excluding hydrogens is 136 g/mol. The summed E-state index contributed by atoms with van der Waals surface area (Å²) in [7, 11) is 4.04. The van der Waals surface area contributed by atoms with Crippen LogP contribution in [-0.2, 0) is 0 Å². The monoisotopic (exact) mass is 158 g/mol. The largest absolute Gasteiger partial charge is 0.317 e. The van der Waals surface area contributed by atoms with E-state index in [0.717, 1.165) is 0 Å². The average Bonchev–Trinajstić information content (AvgIpc) is 2.04. The van der Waals surface area contributed by atoms with E-state index in [1.807, 2.05) is 14.1 Å². The highest BCUT2D eigenvalue weighted by Crippen LogP contribution is 2.02. The van der Waals surface area contributed by atoms with E-state index in [4.69, 9.17) is 0 Å². The lowest BCUT2D eigenvalue weighted by molar-refractivity contribution is 0.479. The van der Waals surface area contributed by atoms with Crippen LogP contribution in [0.15, 0.2) is 0 Å². The molecule has 0 rings (SSSR count). The molecule has 11 heavy (non-hydrogen) atoms. The summed E-state index contributed by atoms with van der Waals surface area (Å²) in [6.45, 7) is 4.45. The van der Waals surface area contributed by atoms with Crippen molar-refractivity contribution in [1.82, 2.24) is 10.6 Å². The van der Waals surface area contributed by atoms with E-state index in [2.05, 4.69) is 24.5 Å². The summed E-state index contributed by atoms with van der Waals surface area (Å²) in [6, 6.07) is 1.33. The normalized spacial score (nSPS) is 16.4. The molecule has 0 fully saturated rings. The van der Waals surface area contributed by atoms with Crippen molar-refractivity contribution in [1.29, 1.82) is 0 Å². The minimum atomic E-state index is 0.666. The predicted octanol–water partition coefficient (Wildman–Crippen LogP) is 1.37. The molecule has 0 heterocycles. The van der Waals surface area contributed by atoms with Crippen molar-refractivity contribution < 1.29 is 0 Å². The van der Waals surface area contributed by atoms with Gasteiger partial charge in [-0.3, -0.25) is 0 Å². The van der Waals surface area contributed by atoms with Crippen molar-refractivity contribution in [3.05, 3.63) is 0 Å². The fourth-order valence-corrected chi connectivity index (χ4v) is 1.02. The molecule has 2 heteroatoms. The second-order valence-corrected chi connectivity index (χ2v) is 3.31. The van der Waals surface area contributed by atoms with E-state index in [1.165, 1.54) is 19.3 Å². The van der Waals surface area contributed by atoms with Crippen LogP contribution in [0.25, 0.3) is 0 Å². The standard InChI is InChI=1S/C9H22N2/c1-8(10-3)6-5-7-9(2)11-4/h8-11H,5-7H2,1-4H3. The van der Waals surface area contributed by atoms with E-state index >= 15 is 0 Å². The van der Waals surface area contributed by atoms with Crippen LogP contribution in [0, 0.1) is 0 Å². The minimum absolute atomic E-state index is 0.666. The van der Waals surface area contributed by atoms with Crippen molar-refractivity contribution in [3.63, 3.8) is 0 Å². The van der Waals surface area contributed by atoms with Gasteiger partial charge in [-0.15, -0.1) is 0 Å². The van der Waals surface area contributed by atoms with E-state index < -0.39 is 0 Å². The molecule has 0 aliphatic heterocycles. The zero-order valence-electron chi connectivity index (χ0n) is 8.28. The van der Waals surface area contributed by atoms with Crippen molar-refractivity contribution in [2.45, 2.75) is 45.2 Å². The maximum Gasteiger partial charge on any atom is 0.00357 e. The molecule has 2 atom stereocenters. The van der Waals surface area contributed by atoms with Gasteiger partial charge in [0.25, 0.3) is 0 Å². The van der Waals surface area contributed by atoms with E-state index in [9.17, 15) is 0 Å². The van der Waals surface area contributed by atoms with Gasteiger partial charge in [0.05, 0.1) is 0 Å². The van der Waals surface area contributed by atoms with Crippen molar-refractivity contribution in [2.24, 2.45) is 0 Å². The Morgan fingerprint density at radius 2 is 1.27 bits per heavy atom. The Morgan fingerprint density at radius 3 is 1.55 bits per heavy atom. The smallest absolute Gasteiger partial charge is 0.00357 e. The first-order valence-electron chi connectivity index (χ1n) is 4.55. The average molecular weight is 158 g/mol. The SMILES string of the molecule is CNC(C)CCCC(C)NC. The summed E-state index contributed by atoms with van der Waals surface area (Å²) < 4.78 is 0. The summed E-state index contributed by atoms with van der Waals surface area (Å²) in [6.07, 6.45) is 3.87. The molecule has 0 bridgehead atoms. The first kappa shape index (κ1) is 10.9. The Hall–Kier alpha value is -0.0800. The third-order valence-electron chi connectivity index (χ3n) is 2.26. The molecule has 0 amide bonds. The van der Waals surface area contributed by atoms with Crippen LogP contribution in [0.4, 0.5) is 0 Å². The summed E-state index contributed by atoms with van der Waals surface area (Å²) in [5.41, 5.74) is 0. The van der Waals surface area contributed by atoms with Crippen molar-refractivity contribution in [2.75, 3.05) is 14.1 Å². The van der Waals surface area contributed by atoms with Crippen LogP contribution < -0.4 is 10.6 Å². The summed E-state index contributed by atoms with van der Waals surface area (Å²) in [5.74, 6) is 0. The maximum absolute atomic E-state index is 3.24. The van der Waals surface area contributed by atoms with Gasteiger partial charge in [0, 0.05) is 12.1 Å². The summed E-state index contributed by atoms with van der Waals surface area (Å²) in [4.78, 5) is 0. The Balaban J connectivity index is 3.13.